The Balaban J connectivity index is 2.66. The quantitative estimate of drug-likeness (QED) is 0.808. The molecule has 1 amide bonds. The van der Waals surface area contributed by atoms with Gasteiger partial charge in [0.05, 0.1) is 5.69 Å². The fraction of sp³-hybridized carbons (Fsp3) is 0.714. The summed E-state index contributed by atoms with van der Waals surface area (Å²) in [4.78, 5) is 11.9. The molecule has 1 aromatic heterocycles. The van der Waals surface area contributed by atoms with Gasteiger partial charge in [0.15, 0.2) is 0 Å². The van der Waals surface area contributed by atoms with E-state index in [2.05, 4.69) is 44.2 Å². The van der Waals surface area contributed by atoms with Crippen LogP contribution in [0.25, 0.3) is 0 Å². The molecule has 0 saturated heterocycles. The number of nitrogens with one attached hydrogen (secondary N) is 1. The second-order valence-electron chi connectivity index (χ2n) is 4.57. The predicted molar refractivity (Wildman–Crippen MR) is 73.5 cm³/mol. The lowest BCUT2D eigenvalue weighted by Crippen LogP contribution is -2.36. The van der Waals surface area contributed by atoms with Gasteiger partial charge in [-0.25, -0.2) is 0 Å². The Hall–Kier alpha value is -1.32. The van der Waals surface area contributed by atoms with Crippen molar-refractivity contribution in [1.82, 2.24) is 15.1 Å². The van der Waals surface area contributed by atoms with Crippen molar-refractivity contribution in [3.63, 3.8) is 0 Å². The maximum absolute atomic E-state index is 11.9. The summed E-state index contributed by atoms with van der Waals surface area (Å²) >= 11 is 0. The van der Waals surface area contributed by atoms with E-state index in [0.29, 0.717) is 6.54 Å². The summed E-state index contributed by atoms with van der Waals surface area (Å²) in [7, 11) is 0. The molecule has 4 heteroatoms. The Morgan fingerprint density at radius 3 is 2.44 bits per heavy atom. The zero-order valence-corrected chi connectivity index (χ0v) is 12.0. The van der Waals surface area contributed by atoms with Crippen LogP contribution >= 0.6 is 0 Å². The molecular weight excluding hydrogens is 226 g/mol. The van der Waals surface area contributed by atoms with Crippen molar-refractivity contribution in [2.45, 2.75) is 66.0 Å². The van der Waals surface area contributed by atoms with Crippen LogP contribution < -0.4 is 5.32 Å². The van der Waals surface area contributed by atoms with Crippen LogP contribution in [0, 0.1) is 0 Å². The molecule has 0 spiro atoms. The molecule has 1 heterocycles. The van der Waals surface area contributed by atoms with Crippen molar-refractivity contribution in [1.29, 1.82) is 0 Å². The van der Waals surface area contributed by atoms with E-state index in [4.69, 9.17) is 0 Å². The van der Waals surface area contributed by atoms with Gasteiger partial charge in [0.25, 0.3) is 0 Å². The van der Waals surface area contributed by atoms with Gasteiger partial charge in [-0.05, 0) is 31.7 Å². The van der Waals surface area contributed by atoms with Crippen LogP contribution in [0.1, 0.15) is 51.9 Å². The number of amides is 1. The van der Waals surface area contributed by atoms with Gasteiger partial charge >= 0.3 is 0 Å². The standard InChI is InChI=1S/C14H25N3O/c1-5-11(6-2)15-14(18)10-17-13(8-4)9-12(7-3)16-17/h9,11H,5-8,10H2,1-4H3,(H,15,18). The second kappa shape index (κ2) is 7.19. The molecule has 4 nitrogen and oxygen atoms in total. The second-order valence-corrected chi connectivity index (χ2v) is 4.57. The van der Waals surface area contributed by atoms with Crippen molar-refractivity contribution in [2.24, 2.45) is 0 Å². The SMILES string of the molecule is CCc1cc(CC)n(CC(=O)NC(CC)CC)n1. The highest BCUT2D eigenvalue weighted by Gasteiger charge is 2.12. The monoisotopic (exact) mass is 251 g/mol. The van der Waals surface area contributed by atoms with Crippen molar-refractivity contribution in [3.05, 3.63) is 17.5 Å². The molecule has 1 aromatic rings. The Morgan fingerprint density at radius 1 is 1.28 bits per heavy atom. The third kappa shape index (κ3) is 3.86. The molecule has 0 aliphatic rings. The average molecular weight is 251 g/mol. The molecule has 1 rings (SSSR count). The van der Waals surface area contributed by atoms with Gasteiger partial charge in [-0.15, -0.1) is 0 Å². The van der Waals surface area contributed by atoms with Gasteiger partial charge < -0.3 is 5.32 Å². The first-order chi connectivity index (χ1) is 8.64. The first-order valence-electron chi connectivity index (χ1n) is 6.99. The molecule has 0 aromatic carbocycles. The summed E-state index contributed by atoms with van der Waals surface area (Å²) in [6.07, 6.45) is 3.77. The lowest BCUT2D eigenvalue weighted by Gasteiger charge is -2.15. The molecule has 18 heavy (non-hydrogen) atoms. The van der Waals surface area contributed by atoms with Crippen LogP contribution in [0.5, 0.6) is 0 Å². The molecule has 0 aliphatic heterocycles. The minimum atomic E-state index is 0.0594. The fourth-order valence-corrected chi connectivity index (χ4v) is 2.01. The van der Waals surface area contributed by atoms with E-state index >= 15 is 0 Å². The Labute approximate surface area is 110 Å². The number of aryl methyl sites for hydroxylation is 2. The van der Waals surface area contributed by atoms with E-state index in [9.17, 15) is 4.79 Å². The molecule has 0 saturated carbocycles. The zero-order valence-electron chi connectivity index (χ0n) is 12.0. The smallest absolute Gasteiger partial charge is 0.241 e. The van der Waals surface area contributed by atoms with Crippen molar-refractivity contribution in [2.75, 3.05) is 0 Å². The molecule has 0 fully saturated rings. The molecule has 102 valence electrons. The fourth-order valence-electron chi connectivity index (χ4n) is 2.01. The summed E-state index contributed by atoms with van der Waals surface area (Å²) < 4.78 is 1.83. The topological polar surface area (TPSA) is 46.9 Å². The normalized spacial score (nSPS) is 10.9. The largest absolute Gasteiger partial charge is 0.352 e. The van der Waals surface area contributed by atoms with E-state index < -0.39 is 0 Å². The third-order valence-electron chi connectivity index (χ3n) is 3.28. The lowest BCUT2D eigenvalue weighted by atomic mass is 10.2. The van der Waals surface area contributed by atoms with E-state index in [1.54, 1.807) is 0 Å². The van der Waals surface area contributed by atoms with Gasteiger partial charge in [-0.2, -0.15) is 5.10 Å². The summed E-state index contributed by atoms with van der Waals surface area (Å²) in [5.41, 5.74) is 2.19. The number of aromatic nitrogens is 2. The number of hydrogen-bond donors (Lipinski definition) is 1. The van der Waals surface area contributed by atoms with Crippen molar-refractivity contribution in [3.8, 4) is 0 Å². The summed E-state index contributed by atoms with van der Waals surface area (Å²) in [6, 6.07) is 2.37. The van der Waals surface area contributed by atoms with Crippen LogP contribution in [0.15, 0.2) is 6.07 Å². The average Bonchev–Trinajstić information content (AvgIpc) is 2.78. The maximum Gasteiger partial charge on any atom is 0.241 e. The molecule has 1 N–H and O–H groups in total. The highest BCUT2D eigenvalue weighted by molar-refractivity contribution is 5.76. The van der Waals surface area contributed by atoms with Crippen LogP contribution in [0.3, 0.4) is 0 Å². The number of carbonyl (C=O) groups is 1. The molecule has 0 unspecified atom stereocenters. The predicted octanol–water partition coefficient (Wildman–Crippen LogP) is 2.31. The Kier molecular flexibility index (Phi) is 5.89. The van der Waals surface area contributed by atoms with Gasteiger partial charge in [-0.1, -0.05) is 27.7 Å². The van der Waals surface area contributed by atoms with E-state index in [1.165, 1.54) is 0 Å². The minimum absolute atomic E-state index is 0.0594. The summed E-state index contributed by atoms with van der Waals surface area (Å²) in [5.74, 6) is 0.0594. The van der Waals surface area contributed by atoms with Crippen LogP contribution in [-0.2, 0) is 24.2 Å². The minimum Gasteiger partial charge on any atom is -0.352 e. The highest BCUT2D eigenvalue weighted by Crippen LogP contribution is 2.06. The van der Waals surface area contributed by atoms with Gasteiger partial charge in [-0.3, -0.25) is 9.48 Å². The first-order valence-corrected chi connectivity index (χ1v) is 6.99. The van der Waals surface area contributed by atoms with E-state index in [1.807, 2.05) is 4.68 Å². The number of carbonyl (C=O) groups excluding carboxylic acids is 1. The van der Waals surface area contributed by atoms with Gasteiger partial charge in [0.2, 0.25) is 5.91 Å². The highest BCUT2D eigenvalue weighted by atomic mass is 16.2. The Morgan fingerprint density at radius 2 is 1.94 bits per heavy atom. The number of rotatable bonds is 7. The molecule has 0 radical (unpaired) electrons. The number of hydrogen-bond acceptors (Lipinski definition) is 2. The van der Waals surface area contributed by atoms with Crippen LogP contribution in [-0.4, -0.2) is 21.7 Å². The Bertz CT molecular complexity index is 380. The number of nitrogens with zero attached hydrogens (tertiary/aromatic N) is 2. The van der Waals surface area contributed by atoms with Crippen molar-refractivity contribution < 1.29 is 4.79 Å². The first kappa shape index (κ1) is 14.7. The lowest BCUT2D eigenvalue weighted by molar-refractivity contribution is -0.122. The molecule has 0 bridgehead atoms. The maximum atomic E-state index is 11.9. The zero-order chi connectivity index (χ0) is 13.5. The molecular formula is C14H25N3O. The van der Waals surface area contributed by atoms with Gasteiger partial charge in [0, 0.05) is 11.7 Å². The van der Waals surface area contributed by atoms with Crippen molar-refractivity contribution >= 4 is 5.91 Å². The molecule has 0 aliphatic carbocycles. The third-order valence-corrected chi connectivity index (χ3v) is 3.28. The van der Waals surface area contributed by atoms with Crippen LogP contribution in [0.4, 0.5) is 0 Å². The van der Waals surface area contributed by atoms with Gasteiger partial charge in [0.1, 0.15) is 6.54 Å². The summed E-state index contributed by atoms with van der Waals surface area (Å²) in [6.45, 7) is 8.69. The van der Waals surface area contributed by atoms with E-state index in [0.717, 1.165) is 37.1 Å². The van der Waals surface area contributed by atoms with Crippen LogP contribution in [0.2, 0.25) is 0 Å². The van der Waals surface area contributed by atoms with E-state index in [-0.39, 0.29) is 11.9 Å². The molecule has 0 atom stereocenters. The summed E-state index contributed by atoms with van der Waals surface area (Å²) in [5, 5.41) is 7.50.